The summed E-state index contributed by atoms with van der Waals surface area (Å²) < 4.78 is 0. The highest BCUT2D eigenvalue weighted by Gasteiger charge is 1.83. The van der Waals surface area contributed by atoms with Crippen molar-refractivity contribution in [1.29, 1.82) is 0 Å². The molecule has 0 saturated carbocycles. The van der Waals surface area contributed by atoms with Crippen molar-refractivity contribution in [1.82, 2.24) is 0 Å². The third-order valence-corrected chi connectivity index (χ3v) is 1.72. The summed E-state index contributed by atoms with van der Waals surface area (Å²) in [5.41, 5.74) is 0. The molecule has 0 aliphatic carbocycles. The molecule has 46 valence electrons. The summed E-state index contributed by atoms with van der Waals surface area (Å²) >= 11 is 2.77. The molecule has 0 aromatic heterocycles. The van der Waals surface area contributed by atoms with Gasteiger partial charge in [0, 0.05) is 0 Å². The second kappa shape index (κ2) is 7.53. The van der Waals surface area contributed by atoms with Crippen LogP contribution in [0.5, 0.6) is 0 Å². The van der Waals surface area contributed by atoms with E-state index in [1.807, 2.05) is 0 Å². The molecular formula is C7H15Al. The summed E-state index contributed by atoms with van der Waals surface area (Å²) in [6, 6.07) is 0. The van der Waals surface area contributed by atoms with E-state index < -0.39 is 0 Å². The van der Waals surface area contributed by atoms with Crippen molar-refractivity contribution >= 4 is 16.3 Å². The highest BCUT2D eigenvalue weighted by atomic mass is 27.0. The molecule has 0 spiro atoms. The molecule has 0 heterocycles. The minimum atomic E-state index is 1.28. The lowest BCUT2D eigenvalue weighted by Crippen LogP contribution is -1.75. The topological polar surface area (TPSA) is 0 Å². The largest absolute Gasteiger partial charge is 0.118 e. The summed E-state index contributed by atoms with van der Waals surface area (Å²) in [7, 11) is 0. The fourth-order valence-electron chi connectivity index (χ4n) is 0.748. The van der Waals surface area contributed by atoms with Crippen molar-refractivity contribution in [2.24, 2.45) is 0 Å². The van der Waals surface area contributed by atoms with Crippen LogP contribution in [-0.4, -0.2) is 16.3 Å². The molecule has 0 amide bonds. The van der Waals surface area contributed by atoms with Crippen LogP contribution in [0.1, 0.15) is 39.0 Å². The van der Waals surface area contributed by atoms with E-state index in [0.29, 0.717) is 0 Å². The van der Waals surface area contributed by atoms with Crippen molar-refractivity contribution in [3.8, 4) is 0 Å². The van der Waals surface area contributed by atoms with Crippen molar-refractivity contribution < 1.29 is 0 Å². The zero-order valence-corrected chi connectivity index (χ0v) is 6.97. The van der Waals surface area contributed by atoms with Crippen LogP contribution in [0.15, 0.2) is 0 Å². The predicted octanol–water partition coefficient (Wildman–Crippen LogP) is 2.54. The van der Waals surface area contributed by atoms with Crippen LogP contribution >= 0.6 is 0 Å². The zero-order chi connectivity index (χ0) is 6.24. The van der Waals surface area contributed by atoms with Gasteiger partial charge in [-0.15, -0.1) is 5.28 Å². The normalized spacial score (nSPS) is 9.62. The molecule has 0 atom stereocenters. The quantitative estimate of drug-likeness (QED) is 0.392. The first-order chi connectivity index (χ1) is 3.91. The number of unbranched alkanes of at least 4 members (excludes halogenated alkanes) is 4. The van der Waals surface area contributed by atoms with E-state index in [0.717, 1.165) is 0 Å². The molecular weight excluding hydrogens is 111 g/mol. The summed E-state index contributed by atoms with van der Waals surface area (Å²) in [5.74, 6) is 0. The van der Waals surface area contributed by atoms with E-state index >= 15 is 0 Å². The molecule has 0 unspecified atom stereocenters. The van der Waals surface area contributed by atoms with Gasteiger partial charge in [0.1, 0.15) is 16.3 Å². The monoisotopic (exact) mass is 126 g/mol. The lowest BCUT2D eigenvalue weighted by atomic mass is 10.2. The summed E-state index contributed by atoms with van der Waals surface area (Å²) in [4.78, 5) is 0. The lowest BCUT2D eigenvalue weighted by molar-refractivity contribution is 0.656. The van der Waals surface area contributed by atoms with Gasteiger partial charge in [-0.1, -0.05) is 39.0 Å². The molecule has 0 rings (SSSR count). The molecule has 0 aliphatic heterocycles. The van der Waals surface area contributed by atoms with Gasteiger partial charge in [0.2, 0.25) is 0 Å². The van der Waals surface area contributed by atoms with E-state index in [1.165, 1.54) is 37.4 Å². The summed E-state index contributed by atoms with van der Waals surface area (Å²) in [5, 5.41) is 1.28. The molecule has 0 fully saturated rings. The molecule has 0 aromatic rings. The Hall–Kier alpha value is 0.532. The van der Waals surface area contributed by atoms with Gasteiger partial charge in [-0.25, -0.2) is 0 Å². The molecule has 0 nitrogen and oxygen atoms in total. The Morgan fingerprint density at radius 1 is 1.00 bits per heavy atom. The van der Waals surface area contributed by atoms with Crippen LogP contribution in [-0.2, 0) is 0 Å². The maximum Gasteiger partial charge on any atom is 0.118 e. The minimum Gasteiger partial charge on any atom is -0.118 e. The van der Waals surface area contributed by atoms with E-state index in [-0.39, 0.29) is 0 Å². The van der Waals surface area contributed by atoms with Crippen molar-refractivity contribution in [2.75, 3.05) is 0 Å². The predicted molar refractivity (Wildman–Crippen MR) is 39.3 cm³/mol. The zero-order valence-electron chi connectivity index (χ0n) is 5.82. The first-order valence-corrected chi connectivity index (χ1v) is 4.43. The van der Waals surface area contributed by atoms with Gasteiger partial charge in [0.25, 0.3) is 0 Å². The van der Waals surface area contributed by atoms with E-state index in [1.54, 1.807) is 0 Å². The van der Waals surface area contributed by atoms with Gasteiger partial charge in [0.05, 0.1) is 0 Å². The smallest absolute Gasteiger partial charge is 0.118 e. The second-order valence-electron chi connectivity index (χ2n) is 2.20. The highest BCUT2D eigenvalue weighted by molar-refractivity contribution is 6.08. The number of hydrogen-bond donors (Lipinski definition) is 0. The molecule has 0 N–H and O–H groups in total. The summed E-state index contributed by atoms with van der Waals surface area (Å²) in [6.45, 7) is 2.25. The van der Waals surface area contributed by atoms with Crippen LogP contribution in [0.4, 0.5) is 0 Å². The first-order valence-electron chi connectivity index (χ1n) is 3.62. The van der Waals surface area contributed by atoms with E-state index in [2.05, 4.69) is 23.2 Å². The Morgan fingerprint density at radius 3 is 2.12 bits per heavy atom. The van der Waals surface area contributed by atoms with Gasteiger partial charge in [0.15, 0.2) is 0 Å². The maximum atomic E-state index is 2.77. The van der Waals surface area contributed by atoms with E-state index in [4.69, 9.17) is 0 Å². The first kappa shape index (κ1) is 8.53. The van der Waals surface area contributed by atoms with Gasteiger partial charge in [-0.2, -0.15) is 0 Å². The Bertz CT molecular complexity index is 29.4. The van der Waals surface area contributed by atoms with Crippen LogP contribution in [0.3, 0.4) is 0 Å². The average molecular weight is 126 g/mol. The Morgan fingerprint density at radius 2 is 1.62 bits per heavy atom. The van der Waals surface area contributed by atoms with E-state index in [9.17, 15) is 0 Å². The Balaban J connectivity index is 2.53. The van der Waals surface area contributed by atoms with Crippen molar-refractivity contribution in [3.05, 3.63) is 0 Å². The highest BCUT2D eigenvalue weighted by Crippen LogP contribution is 2.02. The fraction of sp³-hybridized carbons (Fsp3) is 1.00. The van der Waals surface area contributed by atoms with Gasteiger partial charge in [-0.3, -0.25) is 0 Å². The third-order valence-electron chi connectivity index (χ3n) is 1.31. The SMILES string of the molecule is CCCCCC[CH2][Al]. The van der Waals surface area contributed by atoms with Gasteiger partial charge < -0.3 is 0 Å². The molecule has 0 aromatic carbocycles. The molecule has 0 bridgehead atoms. The maximum absolute atomic E-state index is 2.77. The summed E-state index contributed by atoms with van der Waals surface area (Å²) in [6.07, 6.45) is 7.04. The average Bonchev–Trinajstić information content (AvgIpc) is 1.81. The van der Waals surface area contributed by atoms with Gasteiger partial charge >= 0.3 is 0 Å². The molecule has 1 heteroatoms. The van der Waals surface area contributed by atoms with Crippen molar-refractivity contribution in [2.45, 2.75) is 44.3 Å². The lowest BCUT2D eigenvalue weighted by Gasteiger charge is -1.94. The molecule has 2 radical (unpaired) electrons. The van der Waals surface area contributed by atoms with Gasteiger partial charge in [-0.05, 0) is 0 Å². The van der Waals surface area contributed by atoms with Crippen LogP contribution in [0.25, 0.3) is 0 Å². The molecule has 8 heavy (non-hydrogen) atoms. The number of hydrogen-bond acceptors (Lipinski definition) is 0. The second-order valence-corrected chi connectivity index (χ2v) is 2.78. The Labute approximate surface area is 61.1 Å². The molecule has 0 aliphatic rings. The minimum absolute atomic E-state index is 1.28. The van der Waals surface area contributed by atoms with Crippen LogP contribution in [0, 0.1) is 0 Å². The van der Waals surface area contributed by atoms with Crippen LogP contribution < -0.4 is 0 Å². The standard InChI is InChI=1S/C7H15.Al/c1-3-5-7-6-4-2;/h1,3-7H2,2H3;. The number of rotatable bonds is 5. The molecule has 0 saturated heterocycles. The van der Waals surface area contributed by atoms with Crippen molar-refractivity contribution in [3.63, 3.8) is 0 Å². The third kappa shape index (κ3) is 6.53. The van der Waals surface area contributed by atoms with Crippen LogP contribution in [0.2, 0.25) is 5.28 Å². The Kier molecular flexibility index (Phi) is 8.03. The fourth-order valence-corrected chi connectivity index (χ4v) is 1.04.